The van der Waals surface area contributed by atoms with Crippen LogP contribution in [0.15, 0.2) is 113 Å². The molecule has 1 N–H and O–H groups in total. The molecule has 0 aliphatic carbocycles. The molecular weight excluding hydrogens is 538 g/mol. The van der Waals surface area contributed by atoms with Crippen LogP contribution in [-0.4, -0.2) is 30.1 Å². The lowest BCUT2D eigenvalue weighted by molar-refractivity contribution is -0.383. The molecule has 41 heavy (non-hydrogen) atoms. The fraction of sp³-hybridized carbons (Fsp3) is 0.188. The average molecular weight is 570 g/mol. The van der Waals surface area contributed by atoms with Crippen molar-refractivity contribution < 1.29 is 19.2 Å². The largest absolute Gasteiger partial charge is 0.466 e. The van der Waals surface area contributed by atoms with Gasteiger partial charge in [0, 0.05) is 28.1 Å². The number of amides is 2. The summed E-state index contributed by atoms with van der Waals surface area (Å²) in [6.45, 7) is 2.55. The van der Waals surface area contributed by atoms with Crippen molar-refractivity contribution in [1.29, 1.82) is 0 Å². The Balaban J connectivity index is 1.52. The SMILES string of the molecule is CCOC(=O)Cc1ccc(Sc2cccc(N(CCCc3ccccc3)C(=O)Nc3ccccc3[N+](=O)[O-])c2)cc1. The highest BCUT2D eigenvalue weighted by molar-refractivity contribution is 7.99. The molecule has 2 amide bonds. The van der Waals surface area contributed by atoms with Gasteiger partial charge in [-0.3, -0.25) is 19.8 Å². The molecule has 0 unspecified atom stereocenters. The van der Waals surface area contributed by atoms with Crippen molar-refractivity contribution >= 4 is 40.8 Å². The van der Waals surface area contributed by atoms with Crippen LogP contribution in [0.1, 0.15) is 24.5 Å². The number of ether oxygens (including phenoxy) is 1. The first-order valence-corrected chi connectivity index (χ1v) is 14.1. The van der Waals surface area contributed by atoms with Gasteiger partial charge in [0.05, 0.1) is 18.0 Å². The Morgan fingerprint density at radius 3 is 2.34 bits per heavy atom. The molecule has 0 fully saturated rings. The summed E-state index contributed by atoms with van der Waals surface area (Å²) < 4.78 is 5.02. The van der Waals surface area contributed by atoms with Crippen molar-refractivity contribution in [2.45, 2.75) is 36.0 Å². The smallest absolute Gasteiger partial charge is 0.326 e. The molecule has 0 bridgehead atoms. The van der Waals surface area contributed by atoms with E-state index in [1.807, 2.05) is 78.9 Å². The van der Waals surface area contributed by atoms with Crippen LogP contribution in [0.2, 0.25) is 0 Å². The molecule has 4 aromatic rings. The van der Waals surface area contributed by atoms with Crippen molar-refractivity contribution in [1.82, 2.24) is 0 Å². The number of nitro benzene ring substituents is 1. The summed E-state index contributed by atoms with van der Waals surface area (Å²) in [7, 11) is 0. The lowest BCUT2D eigenvalue weighted by atomic mass is 10.1. The van der Waals surface area contributed by atoms with Gasteiger partial charge in [-0.1, -0.05) is 72.4 Å². The van der Waals surface area contributed by atoms with Gasteiger partial charge in [-0.05, 0) is 67.3 Å². The molecule has 0 aliphatic heterocycles. The Labute approximate surface area is 243 Å². The number of anilines is 2. The molecule has 4 rings (SSSR count). The van der Waals surface area contributed by atoms with Crippen molar-refractivity contribution in [2.75, 3.05) is 23.4 Å². The van der Waals surface area contributed by atoms with Crippen LogP contribution in [0.3, 0.4) is 0 Å². The molecule has 4 aromatic carbocycles. The Morgan fingerprint density at radius 1 is 0.878 bits per heavy atom. The number of nitrogens with zero attached hydrogens (tertiary/aromatic N) is 2. The minimum atomic E-state index is -0.509. The number of nitro groups is 1. The number of carbonyl (C=O) groups excluding carboxylic acids is 2. The van der Waals surface area contributed by atoms with Gasteiger partial charge in [0.1, 0.15) is 5.69 Å². The second-order valence-corrected chi connectivity index (χ2v) is 10.3. The van der Waals surface area contributed by atoms with E-state index in [0.29, 0.717) is 25.3 Å². The molecule has 8 nitrogen and oxygen atoms in total. The highest BCUT2D eigenvalue weighted by Gasteiger charge is 2.21. The minimum absolute atomic E-state index is 0.143. The molecule has 210 valence electrons. The van der Waals surface area contributed by atoms with Gasteiger partial charge in [0.15, 0.2) is 0 Å². The fourth-order valence-corrected chi connectivity index (χ4v) is 5.13. The van der Waals surface area contributed by atoms with Gasteiger partial charge >= 0.3 is 12.0 Å². The molecule has 0 spiro atoms. The normalized spacial score (nSPS) is 10.6. The third-order valence-corrected chi connectivity index (χ3v) is 7.22. The van der Waals surface area contributed by atoms with Gasteiger partial charge in [0.2, 0.25) is 0 Å². The van der Waals surface area contributed by atoms with Crippen molar-refractivity contribution in [3.8, 4) is 0 Å². The summed E-state index contributed by atoms with van der Waals surface area (Å²) in [5.74, 6) is -0.257. The number of benzene rings is 4. The van der Waals surface area contributed by atoms with Crippen LogP contribution in [-0.2, 0) is 22.4 Å². The topological polar surface area (TPSA) is 102 Å². The van der Waals surface area contributed by atoms with Crippen molar-refractivity contribution in [3.05, 3.63) is 124 Å². The number of hydrogen-bond acceptors (Lipinski definition) is 6. The second-order valence-electron chi connectivity index (χ2n) is 9.17. The summed E-state index contributed by atoms with van der Waals surface area (Å²) in [4.78, 5) is 39.8. The average Bonchev–Trinajstić information content (AvgIpc) is 2.97. The first kappa shape index (κ1) is 29.4. The van der Waals surface area contributed by atoms with E-state index in [9.17, 15) is 19.7 Å². The van der Waals surface area contributed by atoms with Crippen molar-refractivity contribution in [3.63, 3.8) is 0 Å². The molecule has 0 heterocycles. The van der Waals surface area contributed by atoms with Crippen LogP contribution in [0.25, 0.3) is 0 Å². The number of urea groups is 1. The molecule has 0 radical (unpaired) electrons. The van der Waals surface area contributed by atoms with E-state index in [1.165, 1.54) is 29.5 Å². The third-order valence-electron chi connectivity index (χ3n) is 6.22. The number of carbonyl (C=O) groups is 2. The highest BCUT2D eigenvalue weighted by Crippen LogP contribution is 2.32. The minimum Gasteiger partial charge on any atom is -0.466 e. The van der Waals surface area contributed by atoms with E-state index in [0.717, 1.165) is 21.8 Å². The summed E-state index contributed by atoms with van der Waals surface area (Å²) in [5, 5.41) is 14.2. The summed E-state index contributed by atoms with van der Waals surface area (Å²) in [6.07, 6.45) is 1.71. The van der Waals surface area contributed by atoms with E-state index in [1.54, 1.807) is 24.0 Å². The number of rotatable bonds is 12. The zero-order valence-corrected chi connectivity index (χ0v) is 23.5. The van der Waals surface area contributed by atoms with Crippen LogP contribution in [0.5, 0.6) is 0 Å². The Kier molecular flexibility index (Phi) is 10.5. The van der Waals surface area contributed by atoms with Gasteiger partial charge in [-0.2, -0.15) is 0 Å². The number of para-hydroxylation sites is 2. The van der Waals surface area contributed by atoms with E-state index < -0.39 is 11.0 Å². The third kappa shape index (κ3) is 8.68. The van der Waals surface area contributed by atoms with Gasteiger partial charge in [0.25, 0.3) is 5.69 Å². The zero-order valence-electron chi connectivity index (χ0n) is 22.7. The molecule has 0 aromatic heterocycles. The lowest BCUT2D eigenvalue weighted by Crippen LogP contribution is -2.36. The van der Waals surface area contributed by atoms with E-state index in [-0.39, 0.29) is 23.8 Å². The molecule has 9 heteroatoms. The van der Waals surface area contributed by atoms with Crippen LogP contribution in [0.4, 0.5) is 21.9 Å². The predicted octanol–water partition coefficient (Wildman–Crippen LogP) is 7.52. The van der Waals surface area contributed by atoms with Crippen LogP contribution >= 0.6 is 11.8 Å². The first-order valence-electron chi connectivity index (χ1n) is 13.3. The van der Waals surface area contributed by atoms with Crippen LogP contribution < -0.4 is 10.2 Å². The first-order chi connectivity index (χ1) is 19.9. The zero-order chi connectivity index (χ0) is 29.0. The standard InChI is InChI=1S/C32H31N3O5S/c1-2-40-31(36)22-25-17-19-27(20-18-25)41-28-14-8-13-26(23-28)34(21-9-12-24-10-4-3-5-11-24)32(37)33-29-15-6-7-16-30(29)35(38)39/h3-8,10-11,13-20,23H,2,9,12,21-22H2,1H3,(H,33,37). The summed E-state index contributed by atoms with van der Waals surface area (Å²) >= 11 is 1.54. The fourth-order valence-electron chi connectivity index (χ4n) is 4.26. The molecule has 0 atom stereocenters. The monoisotopic (exact) mass is 569 g/mol. The van der Waals surface area contributed by atoms with Crippen molar-refractivity contribution in [2.24, 2.45) is 0 Å². The molecule has 0 saturated carbocycles. The van der Waals surface area contributed by atoms with E-state index in [2.05, 4.69) is 5.32 Å². The maximum Gasteiger partial charge on any atom is 0.326 e. The maximum atomic E-state index is 13.5. The molecular formula is C32H31N3O5S. The number of esters is 1. The van der Waals surface area contributed by atoms with E-state index >= 15 is 0 Å². The predicted molar refractivity (Wildman–Crippen MR) is 162 cm³/mol. The number of nitrogens with one attached hydrogen (secondary N) is 1. The van der Waals surface area contributed by atoms with Gasteiger partial charge < -0.3 is 10.1 Å². The second kappa shape index (κ2) is 14.7. The summed E-state index contributed by atoms with van der Waals surface area (Å²) in [6, 6.07) is 31.0. The molecule has 0 aliphatic rings. The van der Waals surface area contributed by atoms with E-state index in [4.69, 9.17) is 4.74 Å². The number of hydrogen-bond donors (Lipinski definition) is 1. The molecule has 0 saturated heterocycles. The van der Waals surface area contributed by atoms with Crippen LogP contribution in [0, 0.1) is 10.1 Å². The quantitative estimate of drug-likeness (QED) is 0.108. The number of aryl methyl sites for hydroxylation is 1. The Bertz CT molecular complexity index is 1480. The van der Waals surface area contributed by atoms with Gasteiger partial charge in [-0.15, -0.1) is 0 Å². The maximum absolute atomic E-state index is 13.5. The lowest BCUT2D eigenvalue weighted by Gasteiger charge is -2.24. The van der Waals surface area contributed by atoms with Gasteiger partial charge in [-0.25, -0.2) is 4.79 Å². The summed E-state index contributed by atoms with van der Waals surface area (Å²) in [5.41, 5.74) is 2.70. The Morgan fingerprint density at radius 2 is 1.61 bits per heavy atom. The highest BCUT2D eigenvalue weighted by atomic mass is 32.2. The Hall–Kier alpha value is -4.63.